The molecule has 0 fully saturated rings. The lowest BCUT2D eigenvalue weighted by Gasteiger charge is -2.25. The molecule has 0 radical (unpaired) electrons. The molecule has 1 aromatic carbocycles. The van der Waals surface area contributed by atoms with Gasteiger partial charge in [0.1, 0.15) is 5.82 Å². The molecule has 3 heteroatoms. The van der Waals surface area contributed by atoms with Crippen molar-refractivity contribution in [3.63, 3.8) is 0 Å². The van der Waals surface area contributed by atoms with Crippen LogP contribution < -0.4 is 5.32 Å². The van der Waals surface area contributed by atoms with Crippen LogP contribution in [-0.2, 0) is 0 Å². The fourth-order valence-electron chi connectivity index (χ4n) is 2.55. The van der Waals surface area contributed by atoms with Gasteiger partial charge in [-0.15, -0.1) is 0 Å². The zero-order valence-corrected chi connectivity index (χ0v) is 14.0. The van der Waals surface area contributed by atoms with Gasteiger partial charge in [-0.2, -0.15) is 0 Å². The quantitative estimate of drug-likeness (QED) is 0.644. The van der Waals surface area contributed by atoms with Crippen LogP contribution in [-0.4, -0.2) is 31.1 Å². The SMILES string of the molecule is CCCNC(C)CCCCN(C)C(C)c1ccccc1F. The molecule has 0 saturated heterocycles. The Bertz CT molecular complexity index is 395. The number of nitrogens with zero attached hydrogens (tertiary/aromatic N) is 1. The fourth-order valence-corrected chi connectivity index (χ4v) is 2.55. The maximum Gasteiger partial charge on any atom is 0.127 e. The topological polar surface area (TPSA) is 15.3 Å². The molecule has 120 valence electrons. The van der Waals surface area contributed by atoms with Crippen molar-refractivity contribution in [2.75, 3.05) is 20.1 Å². The first-order chi connectivity index (χ1) is 10.1. The minimum Gasteiger partial charge on any atom is -0.314 e. The standard InChI is InChI=1S/C18H31FN2/c1-5-13-20-15(2)10-8-9-14-21(4)16(3)17-11-6-7-12-18(17)19/h6-7,11-12,15-16,20H,5,8-10,13-14H2,1-4H3. The van der Waals surface area contributed by atoms with Gasteiger partial charge >= 0.3 is 0 Å². The lowest BCUT2D eigenvalue weighted by Crippen LogP contribution is -2.27. The van der Waals surface area contributed by atoms with Crippen LogP contribution >= 0.6 is 0 Å². The Morgan fingerprint density at radius 1 is 1.19 bits per heavy atom. The van der Waals surface area contributed by atoms with E-state index in [0.29, 0.717) is 6.04 Å². The summed E-state index contributed by atoms with van der Waals surface area (Å²) in [4.78, 5) is 2.24. The predicted octanol–water partition coefficient (Wildman–Crippen LogP) is 4.38. The van der Waals surface area contributed by atoms with Crippen molar-refractivity contribution in [1.29, 1.82) is 0 Å². The third kappa shape index (κ3) is 6.58. The molecule has 1 aromatic rings. The summed E-state index contributed by atoms with van der Waals surface area (Å²) in [7, 11) is 2.08. The van der Waals surface area contributed by atoms with Gasteiger partial charge in [-0.3, -0.25) is 4.90 Å². The highest BCUT2D eigenvalue weighted by molar-refractivity contribution is 5.20. The highest BCUT2D eigenvalue weighted by Crippen LogP contribution is 2.21. The number of hydrogen-bond acceptors (Lipinski definition) is 2. The molecule has 1 rings (SSSR count). The van der Waals surface area contributed by atoms with Crippen molar-refractivity contribution in [3.8, 4) is 0 Å². The van der Waals surface area contributed by atoms with Gasteiger partial charge in [0.05, 0.1) is 0 Å². The van der Waals surface area contributed by atoms with E-state index in [1.165, 1.54) is 19.3 Å². The zero-order valence-electron chi connectivity index (χ0n) is 14.0. The molecule has 0 aliphatic heterocycles. The van der Waals surface area contributed by atoms with Gasteiger partial charge < -0.3 is 5.32 Å². The van der Waals surface area contributed by atoms with E-state index < -0.39 is 0 Å². The van der Waals surface area contributed by atoms with Gasteiger partial charge in [-0.25, -0.2) is 4.39 Å². The first-order valence-corrected chi connectivity index (χ1v) is 8.24. The number of rotatable bonds is 10. The van der Waals surface area contributed by atoms with E-state index in [-0.39, 0.29) is 11.9 Å². The molecule has 0 aliphatic carbocycles. The van der Waals surface area contributed by atoms with E-state index >= 15 is 0 Å². The molecule has 0 saturated carbocycles. The summed E-state index contributed by atoms with van der Waals surface area (Å²) in [5.74, 6) is -0.103. The number of benzene rings is 1. The van der Waals surface area contributed by atoms with E-state index in [4.69, 9.17) is 0 Å². The second-order valence-corrected chi connectivity index (χ2v) is 6.03. The summed E-state index contributed by atoms with van der Waals surface area (Å²) in [6.07, 6.45) is 4.77. The van der Waals surface area contributed by atoms with Crippen LogP contribution in [0.2, 0.25) is 0 Å². The Morgan fingerprint density at radius 2 is 1.90 bits per heavy atom. The van der Waals surface area contributed by atoms with Crippen molar-refractivity contribution in [3.05, 3.63) is 35.6 Å². The van der Waals surface area contributed by atoms with E-state index in [1.54, 1.807) is 12.1 Å². The molecule has 1 N–H and O–H groups in total. The maximum absolute atomic E-state index is 13.8. The monoisotopic (exact) mass is 294 g/mol. The van der Waals surface area contributed by atoms with E-state index in [1.807, 2.05) is 12.1 Å². The minimum atomic E-state index is -0.103. The molecule has 0 amide bonds. The largest absolute Gasteiger partial charge is 0.314 e. The number of nitrogens with one attached hydrogen (secondary N) is 1. The third-order valence-electron chi connectivity index (χ3n) is 4.16. The van der Waals surface area contributed by atoms with Gasteiger partial charge in [0, 0.05) is 17.6 Å². The second kappa shape index (κ2) is 9.91. The lowest BCUT2D eigenvalue weighted by atomic mass is 10.1. The van der Waals surface area contributed by atoms with Crippen LogP contribution in [0.15, 0.2) is 24.3 Å². The van der Waals surface area contributed by atoms with E-state index in [2.05, 4.69) is 38.0 Å². The molecule has 0 heterocycles. The second-order valence-electron chi connectivity index (χ2n) is 6.03. The Balaban J connectivity index is 2.27. The highest BCUT2D eigenvalue weighted by atomic mass is 19.1. The molecule has 0 aliphatic rings. The van der Waals surface area contributed by atoms with Crippen LogP contribution in [0.3, 0.4) is 0 Å². The molecule has 0 aromatic heterocycles. The smallest absolute Gasteiger partial charge is 0.127 e. The summed E-state index contributed by atoms with van der Waals surface area (Å²) in [5.41, 5.74) is 0.790. The number of unbranched alkanes of at least 4 members (excludes halogenated alkanes) is 1. The molecule has 0 bridgehead atoms. The Labute approximate surface area is 129 Å². The Kier molecular flexibility index (Phi) is 8.55. The normalized spacial score (nSPS) is 14.4. The van der Waals surface area contributed by atoms with Crippen LogP contribution in [0.4, 0.5) is 4.39 Å². The summed E-state index contributed by atoms with van der Waals surface area (Å²) in [6.45, 7) is 8.63. The number of hydrogen-bond donors (Lipinski definition) is 1. The van der Waals surface area contributed by atoms with E-state index in [0.717, 1.165) is 25.1 Å². The minimum absolute atomic E-state index is 0.103. The van der Waals surface area contributed by atoms with Crippen LogP contribution in [0.25, 0.3) is 0 Å². The number of halogens is 1. The van der Waals surface area contributed by atoms with Crippen LogP contribution in [0.1, 0.15) is 58.1 Å². The Morgan fingerprint density at radius 3 is 2.57 bits per heavy atom. The predicted molar refractivity (Wildman–Crippen MR) is 89.1 cm³/mol. The highest BCUT2D eigenvalue weighted by Gasteiger charge is 2.14. The molecule has 0 spiro atoms. The average molecular weight is 294 g/mol. The molecular weight excluding hydrogens is 263 g/mol. The molecule has 2 atom stereocenters. The van der Waals surface area contributed by atoms with Gasteiger partial charge in [0.25, 0.3) is 0 Å². The van der Waals surface area contributed by atoms with Gasteiger partial charge in [-0.05, 0) is 59.3 Å². The first kappa shape index (κ1) is 18.1. The molecule has 2 unspecified atom stereocenters. The Hall–Kier alpha value is -0.930. The zero-order chi connectivity index (χ0) is 15.7. The third-order valence-corrected chi connectivity index (χ3v) is 4.16. The molecule has 21 heavy (non-hydrogen) atoms. The van der Waals surface area contributed by atoms with Crippen LogP contribution in [0.5, 0.6) is 0 Å². The van der Waals surface area contributed by atoms with E-state index in [9.17, 15) is 4.39 Å². The first-order valence-electron chi connectivity index (χ1n) is 8.24. The lowest BCUT2D eigenvalue weighted by molar-refractivity contribution is 0.249. The fraction of sp³-hybridized carbons (Fsp3) is 0.667. The molecular formula is C18H31FN2. The molecule has 2 nitrogen and oxygen atoms in total. The van der Waals surface area contributed by atoms with Crippen molar-refractivity contribution in [2.45, 2.75) is 58.5 Å². The van der Waals surface area contributed by atoms with Gasteiger partial charge in [0.2, 0.25) is 0 Å². The summed E-state index contributed by atoms with van der Waals surface area (Å²) in [5, 5.41) is 3.51. The summed E-state index contributed by atoms with van der Waals surface area (Å²) >= 11 is 0. The van der Waals surface area contributed by atoms with Crippen molar-refractivity contribution in [2.24, 2.45) is 0 Å². The van der Waals surface area contributed by atoms with Crippen molar-refractivity contribution in [1.82, 2.24) is 10.2 Å². The van der Waals surface area contributed by atoms with Gasteiger partial charge in [0.15, 0.2) is 0 Å². The van der Waals surface area contributed by atoms with Crippen LogP contribution in [0, 0.1) is 5.82 Å². The van der Waals surface area contributed by atoms with Crippen molar-refractivity contribution < 1.29 is 4.39 Å². The van der Waals surface area contributed by atoms with Crippen molar-refractivity contribution >= 4 is 0 Å². The maximum atomic E-state index is 13.8. The summed E-state index contributed by atoms with van der Waals surface area (Å²) in [6, 6.07) is 7.80. The average Bonchev–Trinajstić information content (AvgIpc) is 2.49. The summed E-state index contributed by atoms with van der Waals surface area (Å²) < 4.78 is 13.8. The van der Waals surface area contributed by atoms with Gasteiger partial charge in [-0.1, -0.05) is 31.5 Å².